The minimum Gasteiger partial charge on any atom is -0.494 e. The van der Waals surface area contributed by atoms with E-state index in [-0.39, 0.29) is 11.9 Å². The molecule has 5 rings (SSSR count). The van der Waals surface area contributed by atoms with E-state index in [1.807, 2.05) is 43.1 Å². The third kappa shape index (κ3) is 3.76. The van der Waals surface area contributed by atoms with Crippen LogP contribution >= 0.6 is 0 Å². The number of carbonyl (C=O) groups is 1. The van der Waals surface area contributed by atoms with Gasteiger partial charge >= 0.3 is 0 Å². The predicted octanol–water partition coefficient (Wildman–Crippen LogP) is 4.18. The SMILES string of the molecule is CCOc1ccc2cc(-c3nc4cc(C(=O)N5CCCC(N)C5)ccc4n3C)n(CC)c2c1. The number of nitrogens with two attached hydrogens (primary N) is 1. The van der Waals surface area contributed by atoms with Gasteiger partial charge in [-0.2, -0.15) is 0 Å². The van der Waals surface area contributed by atoms with Crippen molar-refractivity contribution >= 4 is 27.8 Å². The summed E-state index contributed by atoms with van der Waals surface area (Å²) in [4.78, 5) is 19.9. The van der Waals surface area contributed by atoms with Crippen LogP contribution in [0.2, 0.25) is 0 Å². The van der Waals surface area contributed by atoms with Crippen LogP contribution in [0.5, 0.6) is 5.75 Å². The fourth-order valence-corrected chi connectivity index (χ4v) is 4.96. The molecule has 1 atom stereocenters. The molecule has 0 aliphatic carbocycles. The molecule has 2 aromatic heterocycles. The highest BCUT2D eigenvalue weighted by Gasteiger charge is 2.23. The fraction of sp³-hybridized carbons (Fsp3) is 0.385. The molecule has 0 bridgehead atoms. The number of aromatic nitrogens is 3. The van der Waals surface area contributed by atoms with Crippen LogP contribution in [0.3, 0.4) is 0 Å². The first-order valence-corrected chi connectivity index (χ1v) is 11.8. The van der Waals surface area contributed by atoms with Crippen LogP contribution in [0.15, 0.2) is 42.5 Å². The highest BCUT2D eigenvalue weighted by Crippen LogP contribution is 2.32. The van der Waals surface area contributed by atoms with Crippen LogP contribution in [-0.2, 0) is 13.6 Å². The Morgan fingerprint density at radius 1 is 1.15 bits per heavy atom. The van der Waals surface area contributed by atoms with E-state index < -0.39 is 0 Å². The molecule has 1 amide bonds. The quantitative estimate of drug-likeness (QED) is 0.500. The second-order valence-electron chi connectivity index (χ2n) is 8.78. The molecule has 1 saturated heterocycles. The van der Waals surface area contributed by atoms with Crippen molar-refractivity contribution in [1.29, 1.82) is 0 Å². The second kappa shape index (κ2) is 8.56. The number of imidazole rings is 1. The standard InChI is InChI=1S/C26H31N5O2/c1-4-31-23-15-20(33-5-2)10-8-17(23)14-24(31)25-28-21-13-18(9-11-22(21)29(25)3)26(32)30-12-6-7-19(27)16-30/h8-11,13-15,19H,4-7,12,16,27H2,1-3H3. The summed E-state index contributed by atoms with van der Waals surface area (Å²) in [6.07, 6.45) is 1.93. The number of hydrogen-bond acceptors (Lipinski definition) is 4. The highest BCUT2D eigenvalue weighted by molar-refractivity contribution is 5.98. The summed E-state index contributed by atoms with van der Waals surface area (Å²) in [5.41, 5.74) is 10.8. The van der Waals surface area contributed by atoms with Gasteiger partial charge in [-0.3, -0.25) is 4.79 Å². The summed E-state index contributed by atoms with van der Waals surface area (Å²) in [5.74, 6) is 1.78. The average Bonchev–Trinajstić information content (AvgIpc) is 3.35. The summed E-state index contributed by atoms with van der Waals surface area (Å²) >= 11 is 0. The molecule has 3 heterocycles. The van der Waals surface area contributed by atoms with Gasteiger partial charge in [-0.1, -0.05) is 0 Å². The van der Waals surface area contributed by atoms with E-state index in [9.17, 15) is 4.79 Å². The molecule has 1 aliphatic heterocycles. The van der Waals surface area contributed by atoms with Crippen molar-refractivity contribution in [3.8, 4) is 17.3 Å². The maximum absolute atomic E-state index is 13.1. The number of carbonyl (C=O) groups excluding carboxylic acids is 1. The zero-order chi connectivity index (χ0) is 23.1. The highest BCUT2D eigenvalue weighted by atomic mass is 16.5. The third-order valence-corrected chi connectivity index (χ3v) is 6.60. The normalized spacial score (nSPS) is 16.6. The molecule has 0 radical (unpaired) electrons. The molecule has 172 valence electrons. The smallest absolute Gasteiger partial charge is 0.253 e. The molecule has 1 fully saturated rings. The number of aryl methyl sites for hydroxylation is 2. The molecular weight excluding hydrogens is 414 g/mol. The number of rotatable bonds is 5. The predicted molar refractivity (Wildman–Crippen MR) is 132 cm³/mol. The zero-order valence-electron chi connectivity index (χ0n) is 19.5. The minimum absolute atomic E-state index is 0.0328. The molecule has 1 unspecified atom stereocenters. The zero-order valence-corrected chi connectivity index (χ0v) is 19.5. The van der Waals surface area contributed by atoms with Crippen molar-refractivity contribution in [3.05, 3.63) is 48.0 Å². The van der Waals surface area contributed by atoms with Crippen LogP contribution in [0.1, 0.15) is 37.0 Å². The van der Waals surface area contributed by atoms with Gasteiger partial charge in [-0.25, -0.2) is 4.98 Å². The van der Waals surface area contributed by atoms with Gasteiger partial charge in [0.15, 0.2) is 5.82 Å². The molecule has 2 N–H and O–H groups in total. The molecular formula is C26H31N5O2. The van der Waals surface area contributed by atoms with E-state index in [2.05, 4.69) is 34.3 Å². The number of nitrogens with zero attached hydrogens (tertiary/aromatic N) is 4. The van der Waals surface area contributed by atoms with Crippen LogP contribution < -0.4 is 10.5 Å². The molecule has 4 aromatic rings. The van der Waals surface area contributed by atoms with Gasteiger partial charge < -0.3 is 24.5 Å². The fourth-order valence-electron chi connectivity index (χ4n) is 4.96. The monoisotopic (exact) mass is 445 g/mol. The number of ether oxygens (including phenoxy) is 1. The molecule has 33 heavy (non-hydrogen) atoms. The number of amides is 1. The Hall–Kier alpha value is -3.32. The van der Waals surface area contributed by atoms with Crippen molar-refractivity contribution < 1.29 is 9.53 Å². The lowest BCUT2D eigenvalue weighted by Gasteiger charge is -2.30. The number of hydrogen-bond donors (Lipinski definition) is 1. The lowest BCUT2D eigenvalue weighted by atomic mass is 10.1. The van der Waals surface area contributed by atoms with Gasteiger partial charge in [-0.15, -0.1) is 0 Å². The van der Waals surface area contributed by atoms with E-state index in [1.54, 1.807) is 0 Å². The molecule has 1 aliphatic rings. The van der Waals surface area contributed by atoms with Crippen LogP contribution in [0, 0.1) is 0 Å². The maximum Gasteiger partial charge on any atom is 0.253 e. The first kappa shape index (κ1) is 21.5. The average molecular weight is 446 g/mol. The lowest BCUT2D eigenvalue weighted by Crippen LogP contribution is -2.45. The topological polar surface area (TPSA) is 78.3 Å². The molecule has 2 aromatic carbocycles. The van der Waals surface area contributed by atoms with Crippen molar-refractivity contribution in [2.75, 3.05) is 19.7 Å². The summed E-state index contributed by atoms with van der Waals surface area (Å²) in [6, 6.07) is 14.2. The van der Waals surface area contributed by atoms with E-state index >= 15 is 0 Å². The van der Waals surface area contributed by atoms with E-state index in [0.717, 1.165) is 65.1 Å². The minimum atomic E-state index is 0.0328. The van der Waals surface area contributed by atoms with Crippen molar-refractivity contribution in [3.63, 3.8) is 0 Å². The van der Waals surface area contributed by atoms with Gasteiger partial charge in [0.05, 0.1) is 28.9 Å². The molecule has 0 spiro atoms. The molecule has 0 saturated carbocycles. The van der Waals surface area contributed by atoms with Gasteiger partial charge in [0.1, 0.15) is 5.75 Å². The Labute approximate surface area is 193 Å². The maximum atomic E-state index is 13.1. The van der Waals surface area contributed by atoms with Crippen molar-refractivity contribution in [1.82, 2.24) is 19.0 Å². The summed E-state index contributed by atoms with van der Waals surface area (Å²) in [6.45, 7) is 6.96. The van der Waals surface area contributed by atoms with Gasteiger partial charge in [-0.05, 0) is 63.1 Å². The van der Waals surface area contributed by atoms with E-state index in [4.69, 9.17) is 15.5 Å². The molecule has 7 heteroatoms. The van der Waals surface area contributed by atoms with E-state index in [1.165, 1.54) is 0 Å². The number of fused-ring (bicyclic) bond motifs is 2. The Morgan fingerprint density at radius 3 is 2.76 bits per heavy atom. The van der Waals surface area contributed by atoms with Crippen LogP contribution in [0.25, 0.3) is 33.5 Å². The van der Waals surface area contributed by atoms with Crippen molar-refractivity contribution in [2.24, 2.45) is 12.8 Å². The number of likely N-dealkylation sites (tertiary alicyclic amines) is 1. The number of benzene rings is 2. The lowest BCUT2D eigenvalue weighted by molar-refractivity contribution is 0.0709. The van der Waals surface area contributed by atoms with E-state index in [0.29, 0.717) is 18.7 Å². The number of piperidine rings is 1. The largest absolute Gasteiger partial charge is 0.494 e. The Bertz CT molecular complexity index is 1340. The Balaban J connectivity index is 1.56. The summed E-state index contributed by atoms with van der Waals surface area (Å²) < 4.78 is 10.1. The van der Waals surface area contributed by atoms with Crippen LogP contribution in [-0.4, -0.2) is 50.7 Å². The second-order valence-corrected chi connectivity index (χ2v) is 8.78. The van der Waals surface area contributed by atoms with Gasteiger partial charge in [0.2, 0.25) is 0 Å². The third-order valence-electron chi connectivity index (χ3n) is 6.60. The summed E-state index contributed by atoms with van der Waals surface area (Å²) in [7, 11) is 2.03. The summed E-state index contributed by atoms with van der Waals surface area (Å²) in [5, 5.41) is 1.15. The Kier molecular flexibility index (Phi) is 5.58. The molecule has 7 nitrogen and oxygen atoms in total. The first-order valence-electron chi connectivity index (χ1n) is 11.8. The van der Waals surface area contributed by atoms with Gasteiger partial charge in [0, 0.05) is 49.7 Å². The van der Waals surface area contributed by atoms with Crippen LogP contribution in [0.4, 0.5) is 0 Å². The van der Waals surface area contributed by atoms with Crippen molar-refractivity contribution in [2.45, 2.75) is 39.3 Å². The first-order chi connectivity index (χ1) is 16.0. The Morgan fingerprint density at radius 2 is 2.00 bits per heavy atom. The van der Waals surface area contributed by atoms with Gasteiger partial charge in [0.25, 0.3) is 5.91 Å².